The van der Waals surface area contributed by atoms with Crippen molar-refractivity contribution in [3.05, 3.63) is 97.6 Å². The lowest BCUT2D eigenvalue weighted by atomic mass is 10.2. The zero-order chi connectivity index (χ0) is 24.6. The van der Waals surface area contributed by atoms with Crippen LogP contribution in [0.25, 0.3) is 0 Å². The van der Waals surface area contributed by atoms with Crippen molar-refractivity contribution in [1.82, 2.24) is 0 Å². The Morgan fingerprint density at radius 3 is 2.21 bits per heavy atom. The summed E-state index contributed by atoms with van der Waals surface area (Å²) in [5.41, 5.74) is 1.47. The number of hydrogen-bond acceptors (Lipinski definition) is 5. The minimum Gasteiger partial charge on any atom is -0.423 e. The van der Waals surface area contributed by atoms with E-state index in [1.54, 1.807) is 37.3 Å². The maximum absolute atomic E-state index is 12.9. The van der Waals surface area contributed by atoms with E-state index >= 15 is 0 Å². The molecular formula is C24H14Cl4N2O4. The highest BCUT2D eigenvalue weighted by molar-refractivity contribution is 6.54. The second kappa shape index (κ2) is 9.68. The van der Waals surface area contributed by atoms with Gasteiger partial charge in [-0.2, -0.15) is 0 Å². The summed E-state index contributed by atoms with van der Waals surface area (Å²) in [6.45, 7) is 1.80. The van der Waals surface area contributed by atoms with E-state index < -0.39 is 17.8 Å². The normalized spacial score (nSPS) is 13.5. The minimum absolute atomic E-state index is 0.120. The molecule has 172 valence electrons. The summed E-state index contributed by atoms with van der Waals surface area (Å²) in [7, 11) is 0. The third-order valence-corrected chi connectivity index (χ3v) is 6.24. The van der Waals surface area contributed by atoms with E-state index in [4.69, 9.17) is 51.1 Å². The Kier molecular flexibility index (Phi) is 6.86. The topological polar surface area (TPSA) is 75.7 Å². The van der Waals surface area contributed by atoms with E-state index in [9.17, 15) is 14.4 Å². The van der Waals surface area contributed by atoms with Crippen molar-refractivity contribution in [1.29, 1.82) is 0 Å². The molecule has 0 radical (unpaired) electrons. The quantitative estimate of drug-likeness (QED) is 0.226. The van der Waals surface area contributed by atoms with Crippen molar-refractivity contribution in [2.75, 3.05) is 10.2 Å². The second-order valence-electron chi connectivity index (χ2n) is 7.23. The first-order valence-electron chi connectivity index (χ1n) is 9.74. The summed E-state index contributed by atoms with van der Waals surface area (Å²) in [5.74, 6) is -1.64. The van der Waals surface area contributed by atoms with Crippen LogP contribution in [0.2, 0.25) is 15.1 Å². The smallest absolute Gasteiger partial charge is 0.343 e. The number of ether oxygens (including phenoxy) is 1. The Morgan fingerprint density at radius 1 is 0.853 bits per heavy atom. The van der Waals surface area contributed by atoms with Crippen LogP contribution in [0.5, 0.6) is 5.75 Å². The van der Waals surface area contributed by atoms with Gasteiger partial charge in [-0.15, -0.1) is 0 Å². The number of amides is 2. The molecule has 2 amide bonds. The van der Waals surface area contributed by atoms with Gasteiger partial charge in [-0.05, 0) is 73.2 Å². The van der Waals surface area contributed by atoms with E-state index in [0.29, 0.717) is 21.5 Å². The number of nitrogens with one attached hydrogen (secondary N) is 1. The fourth-order valence-corrected chi connectivity index (χ4v) is 3.87. The maximum atomic E-state index is 12.9. The van der Waals surface area contributed by atoms with Crippen LogP contribution < -0.4 is 15.0 Å². The summed E-state index contributed by atoms with van der Waals surface area (Å²) < 4.78 is 5.36. The molecule has 3 aromatic rings. The van der Waals surface area contributed by atoms with Gasteiger partial charge in [0.25, 0.3) is 11.8 Å². The Balaban J connectivity index is 1.50. The van der Waals surface area contributed by atoms with Crippen LogP contribution in [-0.4, -0.2) is 17.8 Å². The zero-order valence-electron chi connectivity index (χ0n) is 17.4. The minimum atomic E-state index is -0.739. The van der Waals surface area contributed by atoms with Gasteiger partial charge >= 0.3 is 5.97 Å². The number of nitrogens with zero attached hydrogens (tertiary/aromatic N) is 1. The van der Waals surface area contributed by atoms with Crippen LogP contribution in [0.3, 0.4) is 0 Å². The lowest BCUT2D eigenvalue weighted by molar-refractivity contribution is -0.120. The maximum Gasteiger partial charge on any atom is 0.343 e. The van der Waals surface area contributed by atoms with Gasteiger partial charge in [-0.1, -0.05) is 46.4 Å². The molecule has 10 heteroatoms. The number of aryl methyl sites for hydroxylation is 1. The van der Waals surface area contributed by atoms with E-state index in [0.717, 1.165) is 10.5 Å². The van der Waals surface area contributed by atoms with Crippen LogP contribution in [-0.2, 0) is 9.59 Å². The van der Waals surface area contributed by atoms with E-state index in [-0.39, 0.29) is 27.0 Å². The van der Waals surface area contributed by atoms with Gasteiger partial charge in [-0.25, -0.2) is 9.69 Å². The monoisotopic (exact) mass is 534 g/mol. The number of halogens is 4. The molecule has 34 heavy (non-hydrogen) atoms. The Labute approximate surface area is 214 Å². The van der Waals surface area contributed by atoms with Crippen molar-refractivity contribution >= 4 is 75.6 Å². The Bertz CT molecular complexity index is 1370. The molecule has 4 rings (SSSR count). The molecule has 0 fully saturated rings. The van der Waals surface area contributed by atoms with Gasteiger partial charge in [0.1, 0.15) is 16.5 Å². The molecular weight excluding hydrogens is 522 g/mol. The number of imide groups is 1. The molecule has 6 nitrogen and oxygen atoms in total. The first kappa shape index (κ1) is 24.1. The molecule has 0 aliphatic carbocycles. The second-order valence-corrected chi connectivity index (χ2v) is 8.86. The van der Waals surface area contributed by atoms with Crippen molar-refractivity contribution in [3.8, 4) is 5.75 Å². The molecule has 0 saturated heterocycles. The average molecular weight is 536 g/mol. The number of carbonyl (C=O) groups is 3. The SMILES string of the molecule is Cc1cc(OC(=O)c2ccc(NC3=C(Cl)C(=O)N(c4cc(Cl)ccc4Cl)C3=O)cc2)ccc1Cl. The molecule has 1 heterocycles. The molecule has 1 aliphatic rings. The van der Waals surface area contributed by atoms with Crippen LogP contribution in [0, 0.1) is 6.92 Å². The number of carbonyl (C=O) groups excluding carboxylic acids is 3. The van der Waals surface area contributed by atoms with Crippen LogP contribution in [0.15, 0.2) is 71.4 Å². The Morgan fingerprint density at radius 2 is 1.53 bits per heavy atom. The third-order valence-electron chi connectivity index (χ3n) is 4.91. The average Bonchev–Trinajstić information content (AvgIpc) is 3.01. The predicted molar refractivity (Wildman–Crippen MR) is 133 cm³/mol. The van der Waals surface area contributed by atoms with Gasteiger partial charge in [0, 0.05) is 15.7 Å². The van der Waals surface area contributed by atoms with E-state index in [1.165, 1.54) is 30.3 Å². The standard InChI is InChI=1S/C24H14Cl4N2O4/c1-12-10-16(7-9-17(12)26)34-24(33)13-2-5-15(6-3-13)29-21-20(28)22(31)30(23(21)32)19-11-14(25)4-8-18(19)27/h2-11,29H,1H3. The lowest BCUT2D eigenvalue weighted by Crippen LogP contribution is -2.32. The summed E-state index contributed by atoms with van der Waals surface area (Å²) in [6.07, 6.45) is 0. The predicted octanol–water partition coefficient (Wildman–Crippen LogP) is 6.61. The first-order valence-corrected chi connectivity index (χ1v) is 11.3. The molecule has 0 atom stereocenters. The molecule has 0 unspecified atom stereocenters. The molecule has 3 aromatic carbocycles. The van der Waals surface area contributed by atoms with Gasteiger partial charge in [0.2, 0.25) is 0 Å². The fraction of sp³-hybridized carbons (Fsp3) is 0.0417. The highest BCUT2D eigenvalue weighted by atomic mass is 35.5. The molecule has 0 aromatic heterocycles. The zero-order valence-corrected chi connectivity index (χ0v) is 20.4. The van der Waals surface area contributed by atoms with Gasteiger partial charge in [0.15, 0.2) is 0 Å². The molecule has 0 saturated carbocycles. The molecule has 1 N–H and O–H groups in total. The van der Waals surface area contributed by atoms with Crippen LogP contribution in [0.4, 0.5) is 11.4 Å². The van der Waals surface area contributed by atoms with E-state index in [1.807, 2.05) is 0 Å². The number of hydrogen-bond donors (Lipinski definition) is 1. The van der Waals surface area contributed by atoms with Gasteiger partial charge in [0.05, 0.1) is 16.3 Å². The highest BCUT2D eigenvalue weighted by Gasteiger charge is 2.40. The molecule has 0 bridgehead atoms. The van der Waals surface area contributed by atoms with Gasteiger partial charge in [-0.3, -0.25) is 9.59 Å². The number of benzene rings is 3. The Hall–Kier alpha value is -3.03. The van der Waals surface area contributed by atoms with Crippen molar-refractivity contribution in [3.63, 3.8) is 0 Å². The number of anilines is 2. The summed E-state index contributed by atoms with van der Waals surface area (Å²) >= 11 is 24.3. The number of esters is 1. The molecule has 0 spiro atoms. The number of rotatable bonds is 5. The third kappa shape index (κ3) is 4.76. The summed E-state index contributed by atoms with van der Waals surface area (Å²) in [5, 5.41) is 3.56. The summed E-state index contributed by atoms with van der Waals surface area (Å²) in [6, 6.07) is 15.4. The van der Waals surface area contributed by atoms with Crippen LogP contribution >= 0.6 is 46.4 Å². The van der Waals surface area contributed by atoms with Crippen molar-refractivity contribution < 1.29 is 19.1 Å². The van der Waals surface area contributed by atoms with E-state index in [2.05, 4.69) is 5.32 Å². The van der Waals surface area contributed by atoms with Crippen molar-refractivity contribution in [2.45, 2.75) is 6.92 Å². The first-order chi connectivity index (χ1) is 16.2. The van der Waals surface area contributed by atoms with Gasteiger partial charge < -0.3 is 10.1 Å². The molecule has 1 aliphatic heterocycles. The fourth-order valence-electron chi connectivity index (χ4n) is 3.17. The van der Waals surface area contributed by atoms with Crippen molar-refractivity contribution in [2.24, 2.45) is 0 Å². The van der Waals surface area contributed by atoms with Crippen LogP contribution in [0.1, 0.15) is 15.9 Å². The highest BCUT2D eigenvalue weighted by Crippen LogP contribution is 2.35. The lowest BCUT2D eigenvalue weighted by Gasteiger charge is -2.17. The summed E-state index contributed by atoms with van der Waals surface area (Å²) in [4.78, 5) is 38.9. The largest absolute Gasteiger partial charge is 0.423 e.